The summed E-state index contributed by atoms with van der Waals surface area (Å²) in [6.45, 7) is 5.93. The Bertz CT molecular complexity index is 293. The van der Waals surface area contributed by atoms with Gasteiger partial charge in [0.05, 0.1) is 0 Å². The Labute approximate surface area is 96.3 Å². The zero-order valence-electron chi connectivity index (χ0n) is 9.78. The predicted octanol–water partition coefficient (Wildman–Crippen LogP) is 0.701. The van der Waals surface area contributed by atoms with Crippen LogP contribution in [0.15, 0.2) is 11.6 Å². The lowest BCUT2D eigenvalue weighted by molar-refractivity contribution is -0.132. The zero-order valence-corrected chi connectivity index (χ0v) is 9.78. The van der Waals surface area contributed by atoms with Crippen LogP contribution in [0.25, 0.3) is 0 Å². The van der Waals surface area contributed by atoms with Crippen molar-refractivity contribution in [2.75, 3.05) is 26.2 Å². The Hall–Kier alpha value is -0.870. The molecule has 4 nitrogen and oxygen atoms in total. The van der Waals surface area contributed by atoms with Gasteiger partial charge in [-0.3, -0.25) is 0 Å². The maximum atomic E-state index is 10.6. The summed E-state index contributed by atoms with van der Waals surface area (Å²) in [5.74, 6) is -0.0285. The van der Waals surface area contributed by atoms with Crippen LogP contribution < -0.4 is 5.32 Å². The molecule has 0 amide bonds. The lowest BCUT2D eigenvalue weighted by atomic mass is 9.84. The van der Waals surface area contributed by atoms with E-state index in [1.54, 1.807) is 13.0 Å². The Morgan fingerprint density at radius 1 is 1.50 bits per heavy atom. The normalized spacial score (nSPS) is 34.1. The van der Waals surface area contributed by atoms with Crippen molar-refractivity contribution < 1.29 is 9.90 Å². The largest absolute Gasteiger partial charge is 0.478 e. The van der Waals surface area contributed by atoms with Crippen LogP contribution in [0.1, 0.15) is 19.8 Å². The van der Waals surface area contributed by atoms with Crippen molar-refractivity contribution in [3.8, 4) is 0 Å². The molecule has 3 rings (SSSR count). The third-order valence-corrected chi connectivity index (χ3v) is 3.78. The molecule has 1 atom stereocenters. The summed E-state index contributed by atoms with van der Waals surface area (Å²) in [6.07, 6.45) is 4.35. The highest BCUT2D eigenvalue weighted by atomic mass is 16.4. The summed E-state index contributed by atoms with van der Waals surface area (Å²) in [6, 6.07) is 0.556. The zero-order chi connectivity index (χ0) is 11.5. The molecular weight excluding hydrogens is 204 g/mol. The molecule has 3 aliphatic rings. The number of hydrogen-bond donors (Lipinski definition) is 2. The van der Waals surface area contributed by atoms with Crippen LogP contribution in [-0.4, -0.2) is 48.2 Å². The molecule has 0 saturated carbocycles. The van der Waals surface area contributed by atoms with E-state index in [1.807, 2.05) is 0 Å². The average molecular weight is 224 g/mol. The number of nitrogens with zero attached hydrogens (tertiary/aromatic N) is 1. The second-order valence-corrected chi connectivity index (χ2v) is 4.85. The SMILES string of the molecule is CC(=CCNC1CN2CCC1CC2)C(=O)O. The molecule has 4 heteroatoms. The Balaban J connectivity index is 1.78. The van der Waals surface area contributed by atoms with Crippen molar-refractivity contribution in [2.45, 2.75) is 25.8 Å². The topological polar surface area (TPSA) is 52.6 Å². The van der Waals surface area contributed by atoms with Crippen molar-refractivity contribution in [1.82, 2.24) is 10.2 Å². The number of fused-ring (bicyclic) bond motifs is 3. The first kappa shape index (κ1) is 11.6. The van der Waals surface area contributed by atoms with Crippen molar-refractivity contribution >= 4 is 5.97 Å². The van der Waals surface area contributed by atoms with Gasteiger partial charge in [0.1, 0.15) is 0 Å². The predicted molar refractivity (Wildman–Crippen MR) is 62.3 cm³/mol. The summed E-state index contributed by atoms with van der Waals surface area (Å²) in [5, 5.41) is 12.2. The van der Waals surface area contributed by atoms with E-state index < -0.39 is 5.97 Å². The maximum absolute atomic E-state index is 10.6. The van der Waals surface area contributed by atoms with Crippen LogP contribution >= 0.6 is 0 Å². The number of hydrogen-bond acceptors (Lipinski definition) is 3. The van der Waals surface area contributed by atoms with Gasteiger partial charge >= 0.3 is 5.97 Å². The van der Waals surface area contributed by atoms with E-state index in [-0.39, 0.29) is 0 Å². The molecular formula is C12H20N2O2. The summed E-state index contributed by atoms with van der Waals surface area (Å²) < 4.78 is 0. The fraction of sp³-hybridized carbons (Fsp3) is 0.750. The first-order valence-corrected chi connectivity index (χ1v) is 6.02. The van der Waals surface area contributed by atoms with Gasteiger partial charge in [0.2, 0.25) is 0 Å². The van der Waals surface area contributed by atoms with Gasteiger partial charge in [0, 0.05) is 24.7 Å². The number of rotatable bonds is 4. The third kappa shape index (κ3) is 2.62. The highest BCUT2D eigenvalue weighted by Gasteiger charge is 2.33. The maximum Gasteiger partial charge on any atom is 0.330 e. The fourth-order valence-corrected chi connectivity index (χ4v) is 2.65. The molecule has 0 radical (unpaired) electrons. The summed E-state index contributed by atoms with van der Waals surface area (Å²) in [5.41, 5.74) is 0.425. The van der Waals surface area contributed by atoms with Crippen molar-refractivity contribution in [3.63, 3.8) is 0 Å². The fourth-order valence-electron chi connectivity index (χ4n) is 2.65. The van der Waals surface area contributed by atoms with Gasteiger partial charge in [-0.15, -0.1) is 0 Å². The first-order chi connectivity index (χ1) is 7.66. The van der Waals surface area contributed by atoms with Crippen LogP contribution in [0.4, 0.5) is 0 Å². The monoisotopic (exact) mass is 224 g/mol. The standard InChI is InChI=1S/C12H20N2O2/c1-9(12(15)16)2-5-13-11-8-14-6-3-10(11)4-7-14/h2,10-11,13H,3-8H2,1H3,(H,15,16). The minimum Gasteiger partial charge on any atom is -0.478 e. The van der Waals surface area contributed by atoms with Gasteiger partial charge in [-0.2, -0.15) is 0 Å². The van der Waals surface area contributed by atoms with Crippen molar-refractivity contribution in [3.05, 3.63) is 11.6 Å². The van der Waals surface area contributed by atoms with Crippen molar-refractivity contribution in [1.29, 1.82) is 0 Å². The number of nitrogens with one attached hydrogen (secondary N) is 1. The Kier molecular flexibility index (Phi) is 3.61. The van der Waals surface area contributed by atoms with E-state index in [2.05, 4.69) is 10.2 Å². The van der Waals surface area contributed by atoms with E-state index in [0.717, 1.165) is 12.5 Å². The number of carbonyl (C=O) groups is 1. The van der Waals surface area contributed by atoms with Gasteiger partial charge in [-0.05, 0) is 38.8 Å². The summed E-state index contributed by atoms with van der Waals surface area (Å²) >= 11 is 0. The van der Waals surface area contributed by atoms with Gasteiger partial charge in [0.15, 0.2) is 0 Å². The van der Waals surface area contributed by atoms with E-state index >= 15 is 0 Å². The quantitative estimate of drug-likeness (QED) is 0.690. The molecule has 0 aromatic carbocycles. The molecule has 0 aromatic rings. The Morgan fingerprint density at radius 3 is 2.69 bits per heavy atom. The molecule has 90 valence electrons. The van der Waals surface area contributed by atoms with Crippen LogP contribution in [0.5, 0.6) is 0 Å². The van der Waals surface area contributed by atoms with E-state index in [1.165, 1.54) is 25.9 Å². The molecule has 16 heavy (non-hydrogen) atoms. The lowest BCUT2D eigenvalue weighted by Crippen LogP contribution is -2.56. The molecule has 0 aromatic heterocycles. The summed E-state index contributed by atoms with van der Waals surface area (Å²) in [7, 11) is 0. The van der Waals surface area contributed by atoms with E-state index in [0.29, 0.717) is 18.2 Å². The molecule has 3 aliphatic heterocycles. The lowest BCUT2D eigenvalue weighted by Gasteiger charge is -2.45. The Morgan fingerprint density at radius 2 is 2.19 bits per heavy atom. The number of carboxylic acid groups (broad SMARTS) is 1. The average Bonchev–Trinajstić information content (AvgIpc) is 2.30. The number of aliphatic carboxylic acids is 1. The minimum absolute atomic E-state index is 0.425. The molecule has 2 N–H and O–H groups in total. The second-order valence-electron chi connectivity index (χ2n) is 4.85. The van der Waals surface area contributed by atoms with Gasteiger partial charge in [-0.25, -0.2) is 4.79 Å². The van der Waals surface area contributed by atoms with Crippen molar-refractivity contribution in [2.24, 2.45) is 5.92 Å². The van der Waals surface area contributed by atoms with Gasteiger partial charge < -0.3 is 15.3 Å². The van der Waals surface area contributed by atoms with E-state index in [4.69, 9.17) is 5.11 Å². The molecule has 1 unspecified atom stereocenters. The van der Waals surface area contributed by atoms with Crippen LogP contribution in [0.2, 0.25) is 0 Å². The van der Waals surface area contributed by atoms with Gasteiger partial charge in [-0.1, -0.05) is 6.08 Å². The number of carboxylic acids is 1. The number of piperidine rings is 3. The molecule has 3 saturated heterocycles. The molecule has 2 bridgehead atoms. The van der Waals surface area contributed by atoms with Crippen LogP contribution in [0, 0.1) is 5.92 Å². The minimum atomic E-state index is -0.823. The van der Waals surface area contributed by atoms with E-state index in [9.17, 15) is 4.79 Å². The highest BCUT2D eigenvalue weighted by molar-refractivity contribution is 5.85. The van der Waals surface area contributed by atoms with Crippen LogP contribution in [-0.2, 0) is 4.79 Å². The molecule has 3 heterocycles. The second kappa shape index (κ2) is 4.97. The summed E-state index contributed by atoms with van der Waals surface area (Å²) in [4.78, 5) is 13.1. The molecule has 0 spiro atoms. The van der Waals surface area contributed by atoms with Crippen LogP contribution in [0.3, 0.4) is 0 Å². The molecule has 0 aliphatic carbocycles. The smallest absolute Gasteiger partial charge is 0.330 e. The molecule has 3 fully saturated rings. The highest BCUT2D eigenvalue weighted by Crippen LogP contribution is 2.27. The first-order valence-electron chi connectivity index (χ1n) is 6.02. The van der Waals surface area contributed by atoms with Gasteiger partial charge in [0.25, 0.3) is 0 Å². The third-order valence-electron chi connectivity index (χ3n) is 3.78.